The number of nitrogens with one attached hydrogen (secondary N) is 1. The van der Waals surface area contributed by atoms with Crippen molar-refractivity contribution < 1.29 is 9.53 Å². The summed E-state index contributed by atoms with van der Waals surface area (Å²) in [6.45, 7) is 4.39. The maximum Gasteiger partial charge on any atom is 0.271 e. The lowest BCUT2D eigenvalue weighted by Crippen LogP contribution is -2.19. The molecule has 0 aliphatic heterocycles. The van der Waals surface area contributed by atoms with Gasteiger partial charge in [0.1, 0.15) is 5.75 Å². The van der Waals surface area contributed by atoms with Gasteiger partial charge in [-0.2, -0.15) is 0 Å². The summed E-state index contributed by atoms with van der Waals surface area (Å²) in [4.78, 5) is 11.4. The Bertz CT molecular complexity index is 630. The van der Waals surface area contributed by atoms with Crippen molar-refractivity contribution in [3.63, 3.8) is 0 Å². The van der Waals surface area contributed by atoms with Crippen molar-refractivity contribution >= 4 is 5.91 Å². The van der Waals surface area contributed by atoms with Gasteiger partial charge in [-0.05, 0) is 36.6 Å². The van der Waals surface area contributed by atoms with Crippen LogP contribution in [0.15, 0.2) is 24.3 Å². The van der Waals surface area contributed by atoms with Gasteiger partial charge in [0.25, 0.3) is 5.91 Å². The maximum absolute atomic E-state index is 11.4. The molecule has 0 saturated heterocycles. The average Bonchev–Trinajstić information content (AvgIpc) is 2.50. The number of carbonyl (C=O) groups is 1. The number of hydrogen-bond donors (Lipinski definition) is 2. The van der Waals surface area contributed by atoms with E-state index in [0.29, 0.717) is 12.4 Å². The highest BCUT2D eigenvalue weighted by Crippen LogP contribution is 2.28. The average molecular weight is 286 g/mol. The molecular weight excluding hydrogens is 268 g/mol. The SMILES string of the molecule is CNC(=O)c1ccc(Oc2c(C)cc(CN)cc2C)nn1. The second-order valence-electron chi connectivity index (χ2n) is 4.70. The molecule has 0 atom stereocenters. The number of nitrogens with zero attached hydrogens (tertiary/aromatic N) is 2. The lowest BCUT2D eigenvalue weighted by Gasteiger charge is -2.12. The van der Waals surface area contributed by atoms with E-state index < -0.39 is 0 Å². The van der Waals surface area contributed by atoms with Gasteiger partial charge in [-0.3, -0.25) is 4.79 Å². The summed E-state index contributed by atoms with van der Waals surface area (Å²) in [5.41, 5.74) is 8.91. The molecule has 1 aromatic carbocycles. The normalized spacial score (nSPS) is 10.3. The fraction of sp³-hybridized carbons (Fsp3) is 0.267. The van der Waals surface area contributed by atoms with E-state index in [9.17, 15) is 4.79 Å². The lowest BCUT2D eigenvalue weighted by atomic mass is 10.1. The predicted molar refractivity (Wildman–Crippen MR) is 79.3 cm³/mol. The molecule has 6 nitrogen and oxygen atoms in total. The molecule has 0 saturated carbocycles. The minimum atomic E-state index is -0.284. The zero-order valence-electron chi connectivity index (χ0n) is 12.3. The van der Waals surface area contributed by atoms with E-state index in [0.717, 1.165) is 22.4 Å². The number of nitrogens with two attached hydrogens (primary N) is 1. The molecule has 6 heteroatoms. The highest BCUT2D eigenvalue weighted by Gasteiger charge is 2.10. The van der Waals surface area contributed by atoms with E-state index in [-0.39, 0.29) is 11.6 Å². The van der Waals surface area contributed by atoms with Crippen LogP contribution in [0.5, 0.6) is 11.6 Å². The Morgan fingerprint density at radius 3 is 2.38 bits per heavy atom. The van der Waals surface area contributed by atoms with Crippen LogP contribution >= 0.6 is 0 Å². The van der Waals surface area contributed by atoms with Gasteiger partial charge in [0.2, 0.25) is 5.88 Å². The zero-order chi connectivity index (χ0) is 15.4. The maximum atomic E-state index is 11.4. The van der Waals surface area contributed by atoms with E-state index in [1.807, 2.05) is 26.0 Å². The molecule has 110 valence electrons. The van der Waals surface area contributed by atoms with Crippen LogP contribution in [0.3, 0.4) is 0 Å². The van der Waals surface area contributed by atoms with Crippen molar-refractivity contribution in [3.8, 4) is 11.6 Å². The molecule has 21 heavy (non-hydrogen) atoms. The van der Waals surface area contributed by atoms with Gasteiger partial charge in [-0.1, -0.05) is 12.1 Å². The Balaban J connectivity index is 2.24. The number of aromatic nitrogens is 2. The van der Waals surface area contributed by atoms with Gasteiger partial charge in [0.15, 0.2) is 5.69 Å². The summed E-state index contributed by atoms with van der Waals surface area (Å²) in [6, 6.07) is 7.15. The van der Waals surface area contributed by atoms with Gasteiger partial charge in [0.05, 0.1) is 0 Å². The van der Waals surface area contributed by atoms with E-state index in [4.69, 9.17) is 10.5 Å². The van der Waals surface area contributed by atoms with E-state index in [1.54, 1.807) is 19.2 Å². The van der Waals surface area contributed by atoms with E-state index in [2.05, 4.69) is 15.5 Å². The number of carbonyl (C=O) groups excluding carboxylic acids is 1. The number of hydrogen-bond acceptors (Lipinski definition) is 5. The van der Waals surface area contributed by atoms with Gasteiger partial charge >= 0.3 is 0 Å². The van der Waals surface area contributed by atoms with Crippen molar-refractivity contribution in [3.05, 3.63) is 46.6 Å². The first kappa shape index (κ1) is 14.9. The van der Waals surface area contributed by atoms with Crippen LogP contribution in [0, 0.1) is 13.8 Å². The highest BCUT2D eigenvalue weighted by molar-refractivity contribution is 5.91. The molecule has 1 heterocycles. The first-order valence-corrected chi connectivity index (χ1v) is 6.59. The molecule has 1 amide bonds. The van der Waals surface area contributed by atoms with Crippen LogP contribution < -0.4 is 15.8 Å². The van der Waals surface area contributed by atoms with Crippen LogP contribution in [0.25, 0.3) is 0 Å². The third-order valence-corrected chi connectivity index (χ3v) is 3.06. The van der Waals surface area contributed by atoms with Crippen LogP contribution in [0.4, 0.5) is 0 Å². The Morgan fingerprint density at radius 1 is 1.24 bits per heavy atom. The fourth-order valence-corrected chi connectivity index (χ4v) is 2.05. The first-order chi connectivity index (χ1) is 10.0. The Labute approximate surface area is 123 Å². The van der Waals surface area contributed by atoms with Gasteiger partial charge in [0, 0.05) is 19.7 Å². The van der Waals surface area contributed by atoms with Crippen molar-refractivity contribution in [1.29, 1.82) is 0 Å². The minimum absolute atomic E-state index is 0.247. The second kappa shape index (κ2) is 6.32. The van der Waals surface area contributed by atoms with E-state index in [1.165, 1.54) is 0 Å². The van der Waals surface area contributed by atoms with Crippen LogP contribution in [-0.2, 0) is 6.54 Å². The number of aryl methyl sites for hydroxylation is 2. The lowest BCUT2D eigenvalue weighted by molar-refractivity contribution is 0.0957. The summed E-state index contributed by atoms with van der Waals surface area (Å²) in [5.74, 6) is 0.789. The minimum Gasteiger partial charge on any atom is -0.437 e. The topological polar surface area (TPSA) is 90.1 Å². The van der Waals surface area contributed by atoms with Crippen LogP contribution in [-0.4, -0.2) is 23.2 Å². The molecule has 0 aliphatic carbocycles. The smallest absolute Gasteiger partial charge is 0.271 e. The van der Waals surface area contributed by atoms with Crippen molar-refractivity contribution in [1.82, 2.24) is 15.5 Å². The molecule has 2 rings (SSSR count). The molecule has 3 N–H and O–H groups in total. The molecule has 1 aromatic heterocycles. The number of amides is 1. The van der Waals surface area contributed by atoms with Gasteiger partial charge in [-0.15, -0.1) is 10.2 Å². The number of ether oxygens (including phenoxy) is 1. The molecule has 0 spiro atoms. The molecular formula is C15H18N4O2. The molecule has 0 unspecified atom stereocenters. The molecule has 0 aliphatic rings. The van der Waals surface area contributed by atoms with Gasteiger partial charge < -0.3 is 15.8 Å². The summed E-state index contributed by atoms with van der Waals surface area (Å²) >= 11 is 0. The standard InChI is InChI=1S/C15H18N4O2/c1-9-6-11(8-16)7-10(2)14(9)21-13-5-4-12(18-19-13)15(20)17-3/h4-7H,8,16H2,1-3H3,(H,17,20). The molecule has 0 radical (unpaired) electrons. The number of benzene rings is 1. The quantitative estimate of drug-likeness (QED) is 0.893. The van der Waals surface area contributed by atoms with Crippen molar-refractivity contribution in [2.24, 2.45) is 5.73 Å². The molecule has 0 bridgehead atoms. The monoisotopic (exact) mass is 286 g/mol. The van der Waals surface area contributed by atoms with Crippen molar-refractivity contribution in [2.75, 3.05) is 7.05 Å². The fourth-order valence-electron chi connectivity index (χ4n) is 2.05. The summed E-state index contributed by atoms with van der Waals surface area (Å²) in [5, 5.41) is 10.2. The first-order valence-electron chi connectivity index (χ1n) is 6.59. The second-order valence-corrected chi connectivity index (χ2v) is 4.70. The zero-order valence-corrected chi connectivity index (χ0v) is 12.3. The Kier molecular flexibility index (Phi) is 4.49. The number of rotatable bonds is 4. The highest BCUT2D eigenvalue weighted by atomic mass is 16.5. The van der Waals surface area contributed by atoms with Crippen LogP contribution in [0.2, 0.25) is 0 Å². The van der Waals surface area contributed by atoms with E-state index >= 15 is 0 Å². The van der Waals surface area contributed by atoms with Crippen molar-refractivity contribution in [2.45, 2.75) is 20.4 Å². The summed E-state index contributed by atoms with van der Waals surface area (Å²) < 4.78 is 5.76. The Morgan fingerprint density at radius 2 is 1.90 bits per heavy atom. The molecule has 2 aromatic rings. The van der Waals surface area contributed by atoms with Gasteiger partial charge in [-0.25, -0.2) is 0 Å². The third kappa shape index (κ3) is 3.35. The van der Waals surface area contributed by atoms with Crippen LogP contribution in [0.1, 0.15) is 27.2 Å². The summed E-state index contributed by atoms with van der Waals surface area (Å²) in [6.07, 6.45) is 0. The Hall–Kier alpha value is -2.47. The summed E-state index contributed by atoms with van der Waals surface area (Å²) in [7, 11) is 1.54. The predicted octanol–water partition coefficient (Wildman–Crippen LogP) is 1.70. The third-order valence-electron chi connectivity index (χ3n) is 3.06. The molecule has 0 fully saturated rings. The largest absolute Gasteiger partial charge is 0.437 e.